The predicted octanol–water partition coefficient (Wildman–Crippen LogP) is 3.85. The molecule has 0 spiro atoms. The first-order chi connectivity index (χ1) is 12.8. The van der Waals surface area contributed by atoms with Crippen molar-refractivity contribution in [3.8, 4) is 5.95 Å². The van der Waals surface area contributed by atoms with Crippen LogP contribution in [0.2, 0.25) is 5.02 Å². The Balaban J connectivity index is 1.94. The van der Waals surface area contributed by atoms with Gasteiger partial charge in [0.1, 0.15) is 11.6 Å². The first-order valence-electron chi connectivity index (χ1n) is 8.51. The fraction of sp³-hybridized carbons (Fsp3) is 0.263. The van der Waals surface area contributed by atoms with E-state index >= 15 is 0 Å². The Morgan fingerprint density at radius 2 is 1.89 bits per heavy atom. The third-order valence-corrected chi connectivity index (χ3v) is 4.94. The maximum Gasteiger partial charge on any atom is 0.252 e. The molecular weight excluding hydrogens is 369 g/mol. The number of benzene rings is 1. The summed E-state index contributed by atoms with van der Waals surface area (Å²) in [6, 6.07) is 6.37. The van der Waals surface area contributed by atoms with Gasteiger partial charge in [-0.3, -0.25) is 4.79 Å². The SMILES string of the molecule is Cc1cc(C)nc(-n2nc(C)c3c2NC(=O)CC3c2c(F)cccc2Cl)n1. The molecule has 0 bridgehead atoms. The van der Waals surface area contributed by atoms with E-state index in [4.69, 9.17) is 11.6 Å². The quantitative estimate of drug-likeness (QED) is 0.727. The number of aryl methyl sites for hydroxylation is 3. The molecule has 27 heavy (non-hydrogen) atoms. The summed E-state index contributed by atoms with van der Waals surface area (Å²) >= 11 is 6.27. The summed E-state index contributed by atoms with van der Waals surface area (Å²) in [5.74, 6) is -0.391. The second-order valence-corrected chi connectivity index (χ2v) is 7.06. The molecule has 138 valence electrons. The Bertz CT molecular complexity index is 1040. The van der Waals surface area contributed by atoms with Crippen molar-refractivity contribution < 1.29 is 9.18 Å². The first-order valence-corrected chi connectivity index (χ1v) is 8.89. The van der Waals surface area contributed by atoms with Crippen LogP contribution >= 0.6 is 11.6 Å². The molecule has 2 aromatic heterocycles. The number of rotatable bonds is 2. The minimum atomic E-state index is -0.526. The van der Waals surface area contributed by atoms with Crippen LogP contribution in [0.1, 0.15) is 40.5 Å². The van der Waals surface area contributed by atoms with Crippen LogP contribution in [0.25, 0.3) is 5.95 Å². The minimum absolute atomic E-state index is 0.0912. The Labute approximate surface area is 160 Å². The maximum atomic E-state index is 14.6. The van der Waals surface area contributed by atoms with Crippen molar-refractivity contribution in [2.75, 3.05) is 5.32 Å². The molecule has 3 aromatic rings. The van der Waals surface area contributed by atoms with Crippen LogP contribution < -0.4 is 5.32 Å². The first kappa shape index (κ1) is 17.6. The summed E-state index contributed by atoms with van der Waals surface area (Å²) < 4.78 is 16.1. The Hall–Kier alpha value is -2.80. The highest BCUT2D eigenvalue weighted by molar-refractivity contribution is 6.31. The van der Waals surface area contributed by atoms with Gasteiger partial charge in [0.15, 0.2) is 0 Å². The van der Waals surface area contributed by atoms with Crippen molar-refractivity contribution in [1.29, 1.82) is 0 Å². The average Bonchev–Trinajstić information content (AvgIpc) is 2.90. The molecule has 0 aliphatic carbocycles. The summed E-state index contributed by atoms with van der Waals surface area (Å²) in [5, 5.41) is 7.65. The van der Waals surface area contributed by atoms with E-state index in [1.165, 1.54) is 10.7 Å². The molecule has 6 nitrogen and oxygen atoms in total. The van der Waals surface area contributed by atoms with Crippen molar-refractivity contribution in [1.82, 2.24) is 19.7 Å². The zero-order valence-corrected chi connectivity index (χ0v) is 15.8. The van der Waals surface area contributed by atoms with Crippen LogP contribution in [0.15, 0.2) is 24.3 Å². The standard InChI is InChI=1S/C19H17ClFN5O/c1-9-7-10(2)23-19(22-9)26-18-16(11(3)25-26)12(8-15(27)24-18)17-13(20)5-4-6-14(17)21/h4-7,12H,8H2,1-3H3,(H,24,27). The summed E-state index contributed by atoms with van der Waals surface area (Å²) in [6.45, 7) is 5.54. The van der Waals surface area contributed by atoms with Gasteiger partial charge < -0.3 is 5.32 Å². The average molecular weight is 386 g/mol. The number of anilines is 1. The molecule has 1 unspecified atom stereocenters. The number of carbonyl (C=O) groups excluding carboxylic acids is 1. The highest BCUT2D eigenvalue weighted by Crippen LogP contribution is 2.43. The molecule has 3 heterocycles. The van der Waals surface area contributed by atoms with E-state index in [2.05, 4.69) is 20.4 Å². The van der Waals surface area contributed by atoms with Crippen LogP contribution in [-0.4, -0.2) is 25.7 Å². The Morgan fingerprint density at radius 1 is 1.19 bits per heavy atom. The van der Waals surface area contributed by atoms with Crippen LogP contribution in [0.4, 0.5) is 10.2 Å². The number of hydrogen-bond donors (Lipinski definition) is 1. The second-order valence-electron chi connectivity index (χ2n) is 6.65. The lowest BCUT2D eigenvalue weighted by Gasteiger charge is -2.25. The lowest BCUT2D eigenvalue weighted by molar-refractivity contribution is -0.116. The fourth-order valence-corrected chi connectivity index (χ4v) is 3.88. The van der Waals surface area contributed by atoms with Crippen molar-refractivity contribution >= 4 is 23.3 Å². The number of amides is 1. The van der Waals surface area contributed by atoms with Crippen LogP contribution in [0, 0.1) is 26.6 Å². The molecule has 8 heteroatoms. The van der Waals surface area contributed by atoms with Gasteiger partial charge in [-0.05, 0) is 39.0 Å². The number of carbonyl (C=O) groups is 1. The molecule has 0 saturated heterocycles. The number of nitrogens with zero attached hydrogens (tertiary/aromatic N) is 4. The molecule has 1 atom stereocenters. The van der Waals surface area contributed by atoms with Crippen molar-refractivity contribution in [3.63, 3.8) is 0 Å². The van der Waals surface area contributed by atoms with Crippen LogP contribution in [-0.2, 0) is 4.79 Å². The second kappa shape index (κ2) is 6.42. The summed E-state index contributed by atoms with van der Waals surface area (Å²) in [7, 11) is 0. The lowest BCUT2D eigenvalue weighted by Crippen LogP contribution is -2.26. The van der Waals surface area contributed by atoms with E-state index in [1.54, 1.807) is 12.1 Å². The summed E-state index contributed by atoms with van der Waals surface area (Å²) in [5.41, 5.74) is 3.27. The number of halogens is 2. The van der Waals surface area contributed by atoms with Crippen LogP contribution in [0.3, 0.4) is 0 Å². The number of hydrogen-bond acceptors (Lipinski definition) is 4. The van der Waals surface area contributed by atoms with E-state index in [0.29, 0.717) is 23.0 Å². The van der Waals surface area contributed by atoms with Crippen LogP contribution in [0.5, 0.6) is 0 Å². The third kappa shape index (κ3) is 2.98. The molecule has 1 aromatic carbocycles. The van der Waals surface area contributed by atoms with E-state index in [-0.39, 0.29) is 17.4 Å². The molecule has 1 N–H and O–H groups in total. The van der Waals surface area contributed by atoms with Gasteiger partial charge >= 0.3 is 0 Å². The molecule has 1 amide bonds. The molecule has 4 rings (SSSR count). The molecular formula is C19H17ClFN5O. The summed E-state index contributed by atoms with van der Waals surface area (Å²) in [4.78, 5) is 21.2. The Kier molecular flexibility index (Phi) is 4.19. The molecule has 1 aliphatic rings. The van der Waals surface area contributed by atoms with Gasteiger partial charge in [-0.15, -0.1) is 0 Å². The predicted molar refractivity (Wildman–Crippen MR) is 99.9 cm³/mol. The topological polar surface area (TPSA) is 72.7 Å². The van der Waals surface area contributed by atoms with Gasteiger partial charge in [0.2, 0.25) is 5.91 Å². The number of fused-ring (bicyclic) bond motifs is 1. The fourth-order valence-electron chi connectivity index (χ4n) is 3.58. The molecule has 1 aliphatic heterocycles. The van der Waals surface area contributed by atoms with E-state index < -0.39 is 11.7 Å². The molecule has 0 radical (unpaired) electrons. The van der Waals surface area contributed by atoms with E-state index in [1.807, 2.05) is 26.8 Å². The number of nitrogens with one attached hydrogen (secondary N) is 1. The summed E-state index contributed by atoms with van der Waals surface area (Å²) in [6.07, 6.45) is 0.0912. The largest absolute Gasteiger partial charge is 0.310 e. The maximum absolute atomic E-state index is 14.6. The highest BCUT2D eigenvalue weighted by Gasteiger charge is 2.35. The lowest BCUT2D eigenvalue weighted by atomic mass is 9.85. The van der Waals surface area contributed by atoms with Gasteiger partial charge in [0, 0.05) is 39.9 Å². The van der Waals surface area contributed by atoms with Gasteiger partial charge in [-0.25, -0.2) is 14.4 Å². The van der Waals surface area contributed by atoms with Crippen molar-refractivity contribution in [2.24, 2.45) is 0 Å². The zero-order valence-electron chi connectivity index (χ0n) is 15.0. The highest BCUT2D eigenvalue weighted by atomic mass is 35.5. The number of aromatic nitrogens is 4. The van der Waals surface area contributed by atoms with Gasteiger partial charge in [0.05, 0.1) is 5.69 Å². The van der Waals surface area contributed by atoms with Gasteiger partial charge in [-0.2, -0.15) is 9.78 Å². The normalized spacial score (nSPS) is 16.2. The van der Waals surface area contributed by atoms with Crippen molar-refractivity contribution in [2.45, 2.75) is 33.1 Å². The molecule has 0 fully saturated rings. The monoisotopic (exact) mass is 385 g/mol. The van der Waals surface area contributed by atoms with Crippen molar-refractivity contribution in [3.05, 3.63) is 63.3 Å². The van der Waals surface area contributed by atoms with E-state index in [9.17, 15) is 9.18 Å². The van der Waals surface area contributed by atoms with Gasteiger partial charge in [0.25, 0.3) is 5.95 Å². The third-order valence-electron chi connectivity index (χ3n) is 4.61. The zero-order chi connectivity index (χ0) is 19.3. The van der Waals surface area contributed by atoms with E-state index in [0.717, 1.165) is 17.0 Å². The smallest absolute Gasteiger partial charge is 0.252 e. The van der Waals surface area contributed by atoms with Gasteiger partial charge in [-0.1, -0.05) is 17.7 Å². The Morgan fingerprint density at radius 3 is 2.56 bits per heavy atom. The molecule has 0 saturated carbocycles. The minimum Gasteiger partial charge on any atom is -0.310 e.